The zero-order valence-corrected chi connectivity index (χ0v) is 25.8. The predicted octanol–water partition coefficient (Wildman–Crippen LogP) is 4.37. The van der Waals surface area contributed by atoms with E-state index in [1.165, 1.54) is 30.0 Å². The van der Waals surface area contributed by atoms with Crippen molar-refractivity contribution in [2.45, 2.75) is 28.8 Å². The van der Waals surface area contributed by atoms with Crippen LogP contribution < -0.4 is 14.5 Å². The Morgan fingerprint density at radius 2 is 1.74 bits per heavy atom. The molecule has 1 aromatic heterocycles. The summed E-state index contributed by atoms with van der Waals surface area (Å²) < 4.78 is 53.1. The monoisotopic (exact) mass is 671 g/mol. The van der Waals surface area contributed by atoms with Crippen LogP contribution in [0.1, 0.15) is 28.3 Å². The summed E-state index contributed by atoms with van der Waals surface area (Å²) in [7, 11) is 0. The number of hydrogen-bond donors (Lipinski definition) is 1. The van der Waals surface area contributed by atoms with Crippen LogP contribution in [0.25, 0.3) is 0 Å². The summed E-state index contributed by atoms with van der Waals surface area (Å²) in [6.45, 7) is 1.84. The number of benzene rings is 2. The summed E-state index contributed by atoms with van der Waals surface area (Å²) >= 11 is 2.61. The van der Waals surface area contributed by atoms with Gasteiger partial charge in [-0.1, -0.05) is 35.6 Å². The molecule has 0 radical (unpaired) electrons. The van der Waals surface area contributed by atoms with Gasteiger partial charge >= 0.3 is 11.0 Å². The van der Waals surface area contributed by atoms with E-state index in [2.05, 4.69) is 4.98 Å². The first-order valence-electron chi connectivity index (χ1n) is 15.1. The predicted molar refractivity (Wildman–Crippen MR) is 162 cm³/mol. The topological polar surface area (TPSA) is 109 Å². The first kappa shape index (κ1) is 29.8. The summed E-state index contributed by atoms with van der Waals surface area (Å²) in [6, 6.07) is 12.1. The maximum atomic E-state index is 14.0. The Kier molecular flexibility index (Phi) is 7.11. The van der Waals surface area contributed by atoms with Crippen molar-refractivity contribution in [1.29, 1.82) is 0 Å². The molecular formula is C32H28F3N3O6S2. The van der Waals surface area contributed by atoms with Gasteiger partial charge in [0.05, 0.1) is 41.3 Å². The third-order valence-electron chi connectivity index (χ3n) is 10.1. The van der Waals surface area contributed by atoms with Crippen molar-refractivity contribution in [2.24, 2.45) is 29.6 Å². The van der Waals surface area contributed by atoms with Gasteiger partial charge in [-0.15, -0.1) is 11.8 Å². The number of fused-ring (bicyclic) bond motifs is 9. The number of anilines is 1. The fraction of sp³-hybridized carbons (Fsp3) is 0.438. The van der Waals surface area contributed by atoms with Crippen molar-refractivity contribution in [3.63, 3.8) is 0 Å². The molecule has 3 aliphatic heterocycles. The number of hydrogen-bond acceptors (Lipinski definition) is 8. The van der Waals surface area contributed by atoms with Crippen LogP contribution in [0.5, 0.6) is 5.75 Å². The van der Waals surface area contributed by atoms with Crippen LogP contribution in [0.3, 0.4) is 0 Å². The molecule has 2 aromatic carbocycles. The molecule has 4 unspecified atom stereocenters. The van der Waals surface area contributed by atoms with Gasteiger partial charge in [0.2, 0.25) is 11.8 Å². The van der Waals surface area contributed by atoms with Crippen LogP contribution in [0.2, 0.25) is 0 Å². The molecule has 9 nitrogen and oxygen atoms in total. The number of thioether (sulfide) groups is 1. The van der Waals surface area contributed by atoms with Gasteiger partial charge in [0.1, 0.15) is 5.75 Å². The summed E-state index contributed by atoms with van der Waals surface area (Å²) in [4.78, 5) is 59.2. The molecule has 4 heterocycles. The third kappa shape index (κ3) is 4.62. The first-order chi connectivity index (χ1) is 22.1. The first-order valence-corrected chi connectivity index (χ1v) is 16.8. The molecule has 3 aromatic rings. The van der Waals surface area contributed by atoms with Gasteiger partial charge in [0.25, 0.3) is 5.91 Å². The Labute approximate surface area is 269 Å². The molecule has 46 heavy (non-hydrogen) atoms. The third-order valence-corrected chi connectivity index (χ3v) is 12.7. The highest BCUT2D eigenvalue weighted by Gasteiger charge is 2.70. The molecule has 2 saturated heterocycles. The lowest BCUT2D eigenvalue weighted by molar-refractivity contribution is -0.138. The van der Waals surface area contributed by atoms with E-state index in [0.29, 0.717) is 38.5 Å². The number of aromatic nitrogens is 1. The highest BCUT2D eigenvalue weighted by Crippen LogP contribution is 2.69. The number of amides is 3. The molecular weight excluding hydrogens is 643 g/mol. The Bertz CT molecular complexity index is 1800. The van der Waals surface area contributed by atoms with E-state index in [4.69, 9.17) is 9.47 Å². The lowest BCUT2D eigenvalue weighted by atomic mass is 9.68. The fourth-order valence-electron chi connectivity index (χ4n) is 8.38. The van der Waals surface area contributed by atoms with Gasteiger partial charge in [-0.2, -0.15) is 13.2 Å². The van der Waals surface area contributed by atoms with Crippen molar-refractivity contribution in [1.82, 2.24) is 9.88 Å². The lowest BCUT2D eigenvalue weighted by Gasteiger charge is -2.43. The van der Waals surface area contributed by atoms with Gasteiger partial charge in [0, 0.05) is 29.1 Å². The van der Waals surface area contributed by atoms with Crippen LogP contribution in [-0.2, 0) is 25.3 Å². The SMILES string of the molecule is O=C(COc1cccc([C@H]2c3sc(=O)[nH]c3SC3C2[C@H]2C[C@@H]3C3C(=O)N(c4ccccc4C(F)(F)F)C(=O)C32)c1)N1CCOCC1. The van der Waals surface area contributed by atoms with E-state index in [1.54, 1.807) is 11.0 Å². The molecule has 2 saturated carbocycles. The number of halogens is 3. The number of ether oxygens (including phenoxy) is 2. The van der Waals surface area contributed by atoms with Crippen molar-refractivity contribution in [2.75, 3.05) is 37.8 Å². The largest absolute Gasteiger partial charge is 0.484 e. The minimum absolute atomic E-state index is 0.129. The quantitative estimate of drug-likeness (QED) is 0.402. The Morgan fingerprint density at radius 3 is 2.50 bits per heavy atom. The zero-order chi connectivity index (χ0) is 31.9. The van der Waals surface area contributed by atoms with Crippen molar-refractivity contribution < 1.29 is 37.0 Å². The van der Waals surface area contributed by atoms with Crippen LogP contribution >= 0.6 is 23.1 Å². The minimum atomic E-state index is -4.73. The molecule has 2 aliphatic carbocycles. The molecule has 240 valence electrons. The van der Waals surface area contributed by atoms with E-state index in [9.17, 15) is 32.3 Å². The average Bonchev–Trinajstić information content (AvgIpc) is 3.78. The molecule has 5 aliphatic rings. The number of nitrogens with one attached hydrogen (secondary N) is 1. The number of morpholine rings is 1. The van der Waals surface area contributed by atoms with Crippen molar-refractivity contribution in [3.05, 3.63) is 74.2 Å². The van der Waals surface area contributed by atoms with E-state index in [-0.39, 0.29) is 46.3 Å². The molecule has 8 rings (SSSR count). The second-order valence-electron chi connectivity index (χ2n) is 12.3. The highest BCUT2D eigenvalue weighted by molar-refractivity contribution is 8.00. The summed E-state index contributed by atoms with van der Waals surface area (Å²) in [5.74, 6) is -3.26. The van der Waals surface area contributed by atoms with Gasteiger partial charge in [0.15, 0.2) is 6.61 Å². The van der Waals surface area contributed by atoms with Crippen LogP contribution in [0, 0.1) is 29.6 Å². The summed E-state index contributed by atoms with van der Waals surface area (Å²) in [5.41, 5.74) is -0.591. The second kappa shape index (κ2) is 11.0. The van der Waals surface area contributed by atoms with Crippen molar-refractivity contribution in [3.8, 4) is 5.75 Å². The lowest BCUT2D eigenvalue weighted by Crippen LogP contribution is -2.43. The molecule has 7 atom stereocenters. The average molecular weight is 672 g/mol. The standard InChI is InChI=1S/C32H28F3N3O6S2/c33-32(34,35)19-6-1-2-7-20(19)38-29(40)24-17-13-18(25(24)30(38)41)26-23(17)22(27-28(45-26)36-31(42)46-27)15-4-3-5-16(12-15)44-14-21(39)37-8-10-43-11-9-37/h1-7,12,17-18,22-26H,8-11,13-14H2,(H,36,42)/t17-,18-,22-,23?,24?,25?,26?/m1/s1. The number of carbonyl (C=O) groups excluding carboxylic acids is 3. The van der Waals surface area contributed by atoms with Gasteiger partial charge in [-0.3, -0.25) is 19.2 Å². The van der Waals surface area contributed by atoms with Crippen molar-refractivity contribution >= 4 is 46.5 Å². The minimum Gasteiger partial charge on any atom is -0.484 e. The number of nitrogens with zero attached hydrogens (tertiary/aromatic N) is 2. The molecule has 2 bridgehead atoms. The molecule has 0 spiro atoms. The normalized spacial score (nSPS) is 29.9. The number of para-hydroxylation sites is 1. The van der Waals surface area contributed by atoms with E-state index < -0.39 is 41.1 Å². The second-order valence-corrected chi connectivity index (χ2v) is 14.5. The number of H-pyrrole nitrogens is 1. The molecule has 14 heteroatoms. The number of alkyl halides is 3. The summed E-state index contributed by atoms with van der Waals surface area (Å²) in [6.07, 6.45) is -4.13. The van der Waals surface area contributed by atoms with E-state index in [1.807, 2.05) is 18.2 Å². The number of thiazole rings is 1. The Morgan fingerprint density at radius 1 is 1.00 bits per heavy atom. The van der Waals surface area contributed by atoms with Crippen LogP contribution in [0.15, 0.2) is 58.4 Å². The molecule has 1 N–H and O–H groups in total. The molecule has 3 amide bonds. The van der Waals surface area contributed by atoms with Crippen LogP contribution in [0.4, 0.5) is 18.9 Å². The van der Waals surface area contributed by atoms with Crippen LogP contribution in [-0.4, -0.2) is 65.8 Å². The van der Waals surface area contributed by atoms with Gasteiger partial charge in [-0.25, -0.2) is 4.90 Å². The fourth-order valence-corrected chi connectivity index (χ4v) is 11.3. The molecule has 4 fully saturated rings. The number of carbonyl (C=O) groups is 3. The maximum Gasteiger partial charge on any atom is 0.418 e. The van der Waals surface area contributed by atoms with Gasteiger partial charge in [-0.05, 0) is 54.0 Å². The van der Waals surface area contributed by atoms with Gasteiger partial charge < -0.3 is 19.4 Å². The number of rotatable bonds is 5. The summed E-state index contributed by atoms with van der Waals surface area (Å²) in [5, 5.41) is 0.589. The zero-order valence-electron chi connectivity index (χ0n) is 24.2. The van der Waals surface area contributed by atoms with E-state index >= 15 is 0 Å². The highest BCUT2D eigenvalue weighted by atomic mass is 32.2. The van der Waals surface area contributed by atoms with E-state index in [0.717, 1.165) is 37.8 Å². The Balaban J connectivity index is 1.12. The number of imide groups is 1. The maximum absolute atomic E-state index is 14.0. The Hall–Kier alpha value is -3.62. The smallest absolute Gasteiger partial charge is 0.418 e. The number of aromatic amines is 1.